The first-order valence-electron chi connectivity index (χ1n) is 18.7. The predicted molar refractivity (Wildman–Crippen MR) is 214 cm³/mol. The number of unbranched alkanes of at least 4 members (excludes halogenated alkanes) is 3. The van der Waals surface area contributed by atoms with E-state index in [1.807, 2.05) is 51.1 Å². The number of anilines is 1. The van der Waals surface area contributed by atoms with E-state index in [0.29, 0.717) is 30.7 Å². The van der Waals surface area contributed by atoms with Gasteiger partial charge in [-0.1, -0.05) is 51.8 Å². The summed E-state index contributed by atoms with van der Waals surface area (Å²) in [6, 6.07) is 14.5. The van der Waals surface area contributed by atoms with E-state index in [2.05, 4.69) is 38.8 Å². The Kier molecular flexibility index (Phi) is 15.1. The Morgan fingerprint density at radius 2 is 1.45 bits per heavy atom. The van der Waals surface area contributed by atoms with Crippen LogP contribution in [0.1, 0.15) is 105 Å². The molecule has 12 heteroatoms. The number of rotatable bonds is 16. The van der Waals surface area contributed by atoms with Gasteiger partial charge < -0.3 is 39.0 Å². The van der Waals surface area contributed by atoms with Gasteiger partial charge in [0, 0.05) is 30.3 Å². The van der Waals surface area contributed by atoms with Crippen molar-refractivity contribution in [2.75, 3.05) is 32.0 Å². The third-order valence-electron chi connectivity index (χ3n) is 9.08. The highest BCUT2D eigenvalue weighted by Crippen LogP contribution is 2.42. The largest absolute Gasteiger partial charge is 0.514 e. The molecule has 0 spiro atoms. The van der Waals surface area contributed by atoms with Crippen molar-refractivity contribution in [2.24, 2.45) is 0 Å². The predicted octanol–water partition coefficient (Wildman–Crippen LogP) is 9.54. The first kappa shape index (κ1) is 43.5. The zero-order chi connectivity index (χ0) is 39.6. The maximum Gasteiger partial charge on any atom is 0.514 e. The molecule has 53 heavy (non-hydrogen) atoms. The van der Waals surface area contributed by atoms with Gasteiger partial charge in [-0.3, -0.25) is 4.79 Å². The summed E-state index contributed by atoms with van der Waals surface area (Å²) in [5.41, 5.74) is 7.01. The van der Waals surface area contributed by atoms with Crippen LogP contribution in [0.25, 0.3) is 10.9 Å². The molecule has 3 N–H and O–H groups in total. The van der Waals surface area contributed by atoms with Crippen molar-refractivity contribution in [3.8, 4) is 5.75 Å². The molecule has 11 nitrogen and oxygen atoms in total. The SMILES string of the molecule is CC(C)(C)OC(=O)Oc1ccc(C(CN(CCCCCCOCCc2ccc(N)cc2)C(=O)OC(C)(C)C)O[Si](C)(C)C(C)(C)C)c2ccc(=O)[nH]c12. The topological polar surface area (TPSA) is 142 Å². The minimum absolute atomic E-state index is 0.136. The lowest BCUT2D eigenvalue weighted by Gasteiger charge is -2.41. The van der Waals surface area contributed by atoms with Crippen LogP contribution in [0, 0.1) is 0 Å². The molecule has 3 rings (SSSR count). The molecule has 0 bridgehead atoms. The van der Waals surface area contributed by atoms with E-state index in [-0.39, 0.29) is 22.9 Å². The molecule has 1 heterocycles. The van der Waals surface area contributed by atoms with Gasteiger partial charge in [-0.05, 0) is 114 Å². The van der Waals surface area contributed by atoms with Gasteiger partial charge in [-0.2, -0.15) is 0 Å². The number of nitrogens with two attached hydrogens (primary N) is 1. The second kappa shape index (κ2) is 18.4. The fraction of sp³-hybridized carbons (Fsp3) is 0.585. The zero-order valence-corrected chi connectivity index (χ0v) is 34.9. The number of carbonyl (C=O) groups excluding carboxylic acids is 2. The van der Waals surface area contributed by atoms with Gasteiger partial charge in [0.15, 0.2) is 14.1 Å². The van der Waals surface area contributed by atoms with Crippen LogP contribution in [-0.4, -0.2) is 68.0 Å². The summed E-state index contributed by atoms with van der Waals surface area (Å²) >= 11 is 0. The first-order chi connectivity index (χ1) is 24.5. The van der Waals surface area contributed by atoms with E-state index in [0.717, 1.165) is 43.4 Å². The molecule has 1 aromatic heterocycles. The van der Waals surface area contributed by atoms with Gasteiger partial charge in [0.05, 0.1) is 24.8 Å². The fourth-order valence-electron chi connectivity index (χ4n) is 5.33. The summed E-state index contributed by atoms with van der Waals surface area (Å²) in [6.07, 6.45) is 2.53. The Labute approximate surface area is 317 Å². The molecule has 0 aliphatic rings. The van der Waals surface area contributed by atoms with E-state index in [4.69, 9.17) is 29.1 Å². The van der Waals surface area contributed by atoms with Crippen molar-refractivity contribution in [3.05, 3.63) is 70.0 Å². The minimum Gasteiger partial charge on any atom is -0.444 e. The third kappa shape index (κ3) is 14.5. The Balaban J connectivity index is 1.83. The zero-order valence-electron chi connectivity index (χ0n) is 33.9. The number of hydrogen-bond acceptors (Lipinski definition) is 9. The number of nitrogen functional groups attached to an aromatic ring is 1. The van der Waals surface area contributed by atoms with Crippen LogP contribution >= 0.6 is 0 Å². The van der Waals surface area contributed by atoms with E-state index in [1.165, 1.54) is 11.6 Å². The van der Waals surface area contributed by atoms with Crippen molar-refractivity contribution in [2.45, 2.75) is 130 Å². The molecule has 0 saturated carbocycles. The lowest BCUT2D eigenvalue weighted by Crippen LogP contribution is -2.46. The summed E-state index contributed by atoms with van der Waals surface area (Å²) in [5, 5.41) is 0.498. The standard InChI is InChI=1S/C41H63N3O8Si/c1-39(2,3)50-37(46)44(25-14-12-13-15-26-48-27-24-29-16-18-30(42)19-17-29)28-34(52-53(10,11)41(7,8)9)31-20-22-33(49-38(47)51-40(4,5)6)36-32(31)21-23-35(45)43-36/h16-23,34H,12-15,24-28,42H2,1-11H3,(H,43,45). The Bertz CT molecular complexity index is 1700. The van der Waals surface area contributed by atoms with Crippen LogP contribution in [0.3, 0.4) is 0 Å². The van der Waals surface area contributed by atoms with Crippen LogP contribution in [0.2, 0.25) is 18.1 Å². The molecule has 0 aliphatic carbocycles. The molecular formula is C41H63N3O8Si. The van der Waals surface area contributed by atoms with Gasteiger partial charge >= 0.3 is 12.2 Å². The molecule has 0 fully saturated rings. The van der Waals surface area contributed by atoms with Crippen molar-refractivity contribution in [3.63, 3.8) is 0 Å². The van der Waals surface area contributed by atoms with Crippen LogP contribution in [0.5, 0.6) is 5.75 Å². The number of carbonyl (C=O) groups is 2. The Hall–Kier alpha value is -3.87. The van der Waals surface area contributed by atoms with Gasteiger partial charge in [-0.15, -0.1) is 0 Å². The highest BCUT2D eigenvalue weighted by atomic mass is 28.4. The van der Waals surface area contributed by atoms with Crippen molar-refractivity contribution >= 4 is 37.2 Å². The molecule has 1 unspecified atom stereocenters. The lowest BCUT2D eigenvalue weighted by atomic mass is 10.0. The fourth-order valence-corrected chi connectivity index (χ4v) is 6.59. The number of amides is 1. The Morgan fingerprint density at radius 1 is 0.811 bits per heavy atom. The molecular weight excluding hydrogens is 691 g/mol. The van der Waals surface area contributed by atoms with Crippen LogP contribution in [0.15, 0.2) is 53.3 Å². The summed E-state index contributed by atoms with van der Waals surface area (Å²) in [5.74, 6) is 0.153. The molecule has 1 atom stereocenters. The highest BCUT2D eigenvalue weighted by Gasteiger charge is 2.41. The molecule has 0 radical (unpaired) electrons. The molecule has 3 aromatic rings. The van der Waals surface area contributed by atoms with E-state index in [1.54, 1.807) is 37.8 Å². The maximum atomic E-state index is 13.8. The second-order valence-electron chi connectivity index (χ2n) is 17.1. The number of aromatic nitrogens is 1. The van der Waals surface area contributed by atoms with Gasteiger partial charge in [-0.25, -0.2) is 9.59 Å². The lowest BCUT2D eigenvalue weighted by molar-refractivity contribution is 0.0150. The number of H-pyrrole nitrogens is 1. The van der Waals surface area contributed by atoms with Gasteiger partial charge in [0.1, 0.15) is 11.2 Å². The minimum atomic E-state index is -2.42. The summed E-state index contributed by atoms with van der Waals surface area (Å²) in [7, 11) is -2.42. The molecule has 2 aromatic carbocycles. The summed E-state index contributed by atoms with van der Waals surface area (Å²) < 4.78 is 29.8. The van der Waals surface area contributed by atoms with Gasteiger partial charge in [0.25, 0.3) is 0 Å². The monoisotopic (exact) mass is 753 g/mol. The smallest absolute Gasteiger partial charge is 0.444 e. The van der Waals surface area contributed by atoms with Crippen LogP contribution in [-0.2, 0) is 25.1 Å². The molecule has 0 saturated heterocycles. The van der Waals surface area contributed by atoms with Crippen molar-refractivity contribution in [1.82, 2.24) is 9.88 Å². The number of ether oxygens (including phenoxy) is 4. The first-order valence-corrected chi connectivity index (χ1v) is 21.6. The quantitative estimate of drug-likeness (QED) is 0.0481. The van der Waals surface area contributed by atoms with Gasteiger partial charge in [0.2, 0.25) is 5.56 Å². The average molecular weight is 754 g/mol. The normalized spacial score (nSPS) is 13.1. The summed E-state index contributed by atoms with van der Waals surface area (Å²) in [4.78, 5) is 43.6. The number of benzene rings is 2. The van der Waals surface area contributed by atoms with Crippen molar-refractivity contribution in [1.29, 1.82) is 0 Å². The van der Waals surface area contributed by atoms with Crippen LogP contribution in [0.4, 0.5) is 15.3 Å². The number of aromatic amines is 1. The van der Waals surface area contributed by atoms with E-state index >= 15 is 0 Å². The van der Waals surface area contributed by atoms with E-state index < -0.39 is 37.9 Å². The summed E-state index contributed by atoms with van der Waals surface area (Å²) in [6.45, 7) is 23.6. The van der Waals surface area contributed by atoms with Crippen molar-refractivity contribution < 1.29 is 33.0 Å². The number of fused-ring (bicyclic) bond motifs is 1. The molecule has 1 amide bonds. The molecule has 0 aliphatic heterocycles. The number of nitrogens with one attached hydrogen (secondary N) is 1. The second-order valence-corrected chi connectivity index (χ2v) is 21.9. The van der Waals surface area contributed by atoms with Crippen LogP contribution < -0.4 is 16.0 Å². The van der Waals surface area contributed by atoms with E-state index in [9.17, 15) is 14.4 Å². The average Bonchev–Trinajstić information content (AvgIpc) is 3.01. The number of pyridine rings is 1. The maximum absolute atomic E-state index is 13.8. The Morgan fingerprint density at radius 3 is 2.08 bits per heavy atom. The molecule has 294 valence electrons. The highest BCUT2D eigenvalue weighted by molar-refractivity contribution is 6.74. The number of hydrogen-bond donors (Lipinski definition) is 2. The number of nitrogens with zero attached hydrogens (tertiary/aromatic N) is 1. The third-order valence-corrected chi connectivity index (χ3v) is 13.6.